The molecule has 0 fully saturated rings. The van der Waals surface area contributed by atoms with Crippen molar-refractivity contribution in [2.45, 2.75) is 17.2 Å². The Balaban J connectivity index is 2.06. The van der Waals surface area contributed by atoms with Crippen LogP contribution >= 0.6 is 0 Å². The van der Waals surface area contributed by atoms with Crippen LogP contribution in [0.4, 0.5) is 11.4 Å². The number of rotatable bonds is 7. The Morgan fingerprint density at radius 2 is 1.17 bits per heavy atom. The van der Waals surface area contributed by atoms with E-state index in [-0.39, 0.29) is 10.8 Å². The van der Waals surface area contributed by atoms with E-state index in [1.54, 1.807) is 18.2 Å². The summed E-state index contributed by atoms with van der Waals surface area (Å²) in [6, 6.07) is 23.2. The monoisotopic (exact) mass is 424 g/mol. The van der Waals surface area contributed by atoms with Gasteiger partial charge in [0, 0.05) is 45.5 Å². The third kappa shape index (κ3) is 5.01. The van der Waals surface area contributed by atoms with Gasteiger partial charge in [-0.05, 0) is 53.4 Å². The Morgan fingerprint density at radius 3 is 1.57 bits per heavy atom. The fourth-order valence-electron chi connectivity index (χ4n) is 3.58. The summed E-state index contributed by atoms with van der Waals surface area (Å²) in [5, 5.41) is 0. The summed E-state index contributed by atoms with van der Waals surface area (Å²) >= 11 is 0. The molecular weight excluding hydrogens is 396 g/mol. The third-order valence-corrected chi connectivity index (χ3v) is 6.25. The van der Waals surface area contributed by atoms with Gasteiger partial charge >= 0.3 is 0 Å². The highest BCUT2D eigenvalue weighted by atomic mass is 32.2. The van der Waals surface area contributed by atoms with E-state index in [1.807, 2.05) is 38.0 Å². The van der Waals surface area contributed by atoms with Crippen LogP contribution in [0.3, 0.4) is 0 Å². The second kappa shape index (κ2) is 8.90. The lowest BCUT2D eigenvalue weighted by atomic mass is 9.85. The summed E-state index contributed by atoms with van der Waals surface area (Å²) in [6.45, 7) is 0. The van der Waals surface area contributed by atoms with Gasteiger partial charge in [-0.1, -0.05) is 42.5 Å². The second-order valence-electron chi connectivity index (χ2n) is 7.81. The molecule has 0 unspecified atom stereocenters. The topological polar surface area (TPSA) is 60.9 Å². The van der Waals surface area contributed by atoms with Crippen molar-refractivity contribution >= 4 is 21.5 Å². The molecule has 0 atom stereocenters. The SMILES string of the molecule is CN(C)c1ccc(C(Cc2ccccc2S(=O)(=O)O)c2ccc(N(C)C)cc2)cc1. The van der Waals surface area contributed by atoms with E-state index in [1.165, 1.54) is 6.07 Å². The van der Waals surface area contributed by atoms with Gasteiger partial charge in [0.1, 0.15) is 0 Å². The van der Waals surface area contributed by atoms with Gasteiger partial charge in [0.25, 0.3) is 10.1 Å². The average molecular weight is 425 g/mol. The van der Waals surface area contributed by atoms with E-state index in [9.17, 15) is 13.0 Å². The van der Waals surface area contributed by atoms with E-state index in [2.05, 4.69) is 48.5 Å². The molecule has 1 N–H and O–H groups in total. The van der Waals surface area contributed by atoms with Crippen LogP contribution in [-0.4, -0.2) is 41.2 Å². The molecule has 0 saturated heterocycles. The quantitative estimate of drug-likeness (QED) is 0.568. The Bertz CT molecular complexity index is 1040. The van der Waals surface area contributed by atoms with Crippen LogP contribution in [-0.2, 0) is 16.5 Å². The van der Waals surface area contributed by atoms with E-state index in [0.717, 1.165) is 22.5 Å². The number of hydrogen-bond donors (Lipinski definition) is 1. The standard InChI is InChI=1S/C24H28N2O3S/c1-25(2)21-13-9-18(10-14-21)23(19-11-15-22(16-12-19)26(3)4)17-20-7-5-6-8-24(20)30(27,28)29/h5-16,23H,17H2,1-4H3,(H,27,28,29). The van der Waals surface area contributed by atoms with Gasteiger partial charge in [-0.3, -0.25) is 4.55 Å². The zero-order valence-electron chi connectivity index (χ0n) is 17.8. The first-order chi connectivity index (χ1) is 14.2. The van der Waals surface area contributed by atoms with Gasteiger partial charge in [-0.2, -0.15) is 8.42 Å². The van der Waals surface area contributed by atoms with Crippen molar-refractivity contribution < 1.29 is 13.0 Å². The molecule has 0 spiro atoms. The highest BCUT2D eigenvalue weighted by molar-refractivity contribution is 7.85. The summed E-state index contributed by atoms with van der Waals surface area (Å²) in [7, 11) is 3.69. The van der Waals surface area contributed by atoms with Crippen LogP contribution in [0.25, 0.3) is 0 Å². The van der Waals surface area contributed by atoms with Gasteiger partial charge in [0.2, 0.25) is 0 Å². The van der Waals surface area contributed by atoms with E-state index < -0.39 is 10.1 Å². The first-order valence-corrected chi connectivity index (χ1v) is 11.2. The number of benzene rings is 3. The van der Waals surface area contributed by atoms with Crippen molar-refractivity contribution in [1.82, 2.24) is 0 Å². The van der Waals surface area contributed by atoms with E-state index in [0.29, 0.717) is 12.0 Å². The molecule has 5 nitrogen and oxygen atoms in total. The maximum Gasteiger partial charge on any atom is 0.294 e. The minimum atomic E-state index is -4.29. The minimum Gasteiger partial charge on any atom is -0.378 e. The Hall–Kier alpha value is -2.83. The maximum absolute atomic E-state index is 11.9. The fourth-order valence-corrected chi connectivity index (χ4v) is 4.31. The van der Waals surface area contributed by atoms with Crippen molar-refractivity contribution in [3.8, 4) is 0 Å². The molecular formula is C24H28N2O3S. The Labute approximate surface area is 179 Å². The number of anilines is 2. The summed E-state index contributed by atoms with van der Waals surface area (Å²) in [5.41, 5.74) is 4.96. The molecule has 0 aliphatic carbocycles. The predicted octanol–water partition coefficient (Wildman–Crippen LogP) is 4.44. The molecule has 3 rings (SSSR count). The molecule has 30 heavy (non-hydrogen) atoms. The molecule has 0 saturated carbocycles. The lowest BCUT2D eigenvalue weighted by molar-refractivity contribution is 0.481. The normalized spacial score (nSPS) is 11.5. The van der Waals surface area contributed by atoms with E-state index in [4.69, 9.17) is 0 Å². The molecule has 0 aliphatic rings. The van der Waals surface area contributed by atoms with Crippen LogP contribution in [0.5, 0.6) is 0 Å². The highest BCUT2D eigenvalue weighted by Crippen LogP contribution is 2.32. The zero-order chi connectivity index (χ0) is 21.9. The van der Waals surface area contributed by atoms with Crippen molar-refractivity contribution in [2.75, 3.05) is 38.0 Å². The molecule has 0 amide bonds. The van der Waals surface area contributed by atoms with Crippen LogP contribution in [0.2, 0.25) is 0 Å². The number of nitrogens with zero attached hydrogens (tertiary/aromatic N) is 2. The molecule has 6 heteroatoms. The Morgan fingerprint density at radius 1 is 0.733 bits per heavy atom. The second-order valence-corrected chi connectivity index (χ2v) is 9.20. The molecule has 0 heterocycles. The molecule has 0 bridgehead atoms. The summed E-state index contributed by atoms with van der Waals surface area (Å²) < 4.78 is 33.5. The molecule has 0 radical (unpaired) electrons. The first-order valence-electron chi connectivity index (χ1n) is 9.77. The zero-order valence-corrected chi connectivity index (χ0v) is 18.6. The first kappa shape index (κ1) is 21.9. The third-order valence-electron chi connectivity index (χ3n) is 5.30. The van der Waals surface area contributed by atoms with Crippen LogP contribution in [0.1, 0.15) is 22.6 Å². The molecule has 158 valence electrons. The van der Waals surface area contributed by atoms with Gasteiger partial charge in [-0.25, -0.2) is 0 Å². The number of hydrogen-bond acceptors (Lipinski definition) is 4. The van der Waals surface area contributed by atoms with Crippen LogP contribution in [0, 0.1) is 0 Å². The molecule has 3 aromatic rings. The molecule has 3 aromatic carbocycles. The summed E-state index contributed by atoms with van der Waals surface area (Å²) in [5.74, 6) is -0.0553. The van der Waals surface area contributed by atoms with Gasteiger partial charge in [0.15, 0.2) is 0 Å². The summed E-state index contributed by atoms with van der Waals surface area (Å²) in [4.78, 5) is 4.04. The van der Waals surface area contributed by atoms with Gasteiger partial charge in [-0.15, -0.1) is 0 Å². The van der Waals surface area contributed by atoms with Crippen molar-refractivity contribution in [3.05, 3.63) is 89.5 Å². The van der Waals surface area contributed by atoms with Crippen LogP contribution in [0.15, 0.2) is 77.7 Å². The average Bonchev–Trinajstić information content (AvgIpc) is 2.72. The lowest BCUT2D eigenvalue weighted by Crippen LogP contribution is -2.12. The Kier molecular flexibility index (Phi) is 6.48. The highest BCUT2D eigenvalue weighted by Gasteiger charge is 2.21. The fraction of sp³-hybridized carbons (Fsp3) is 0.250. The summed E-state index contributed by atoms with van der Waals surface area (Å²) in [6.07, 6.45) is 0.457. The van der Waals surface area contributed by atoms with Crippen molar-refractivity contribution in [2.24, 2.45) is 0 Å². The van der Waals surface area contributed by atoms with Crippen LogP contribution < -0.4 is 9.80 Å². The molecule has 0 aliphatic heterocycles. The smallest absolute Gasteiger partial charge is 0.294 e. The van der Waals surface area contributed by atoms with E-state index >= 15 is 0 Å². The minimum absolute atomic E-state index is 0.0372. The van der Waals surface area contributed by atoms with Gasteiger partial charge in [0.05, 0.1) is 4.90 Å². The predicted molar refractivity (Wildman–Crippen MR) is 123 cm³/mol. The van der Waals surface area contributed by atoms with Crippen molar-refractivity contribution in [3.63, 3.8) is 0 Å². The van der Waals surface area contributed by atoms with Crippen molar-refractivity contribution in [1.29, 1.82) is 0 Å². The van der Waals surface area contributed by atoms with Gasteiger partial charge < -0.3 is 9.80 Å². The largest absolute Gasteiger partial charge is 0.378 e. The maximum atomic E-state index is 11.9. The lowest BCUT2D eigenvalue weighted by Gasteiger charge is -2.22. The molecule has 0 aromatic heterocycles.